The molecule has 34 heavy (non-hydrogen) atoms. The van der Waals surface area contributed by atoms with Crippen LogP contribution in [0.25, 0.3) is 11.1 Å². The van der Waals surface area contributed by atoms with E-state index in [1.165, 1.54) is 6.08 Å². The molecule has 0 aromatic heterocycles. The van der Waals surface area contributed by atoms with Crippen molar-refractivity contribution in [3.8, 4) is 16.9 Å². The molecule has 182 valence electrons. The molecular weight excluding hydrogens is 447 g/mol. The van der Waals surface area contributed by atoms with Crippen LogP contribution in [0.4, 0.5) is 18.9 Å². The number of hydrogen-bond donors (Lipinski definition) is 2. The molecule has 7 nitrogen and oxygen atoms in total. The second-order valence-corrected chi connectivity index (χ2v) is 7.62. The fourth-order valence-corrected chi connectivity index (χ4v) is 3.41. The molecular formula is C24H28F3N5O2. The molecule has 2 aromatic rings. The van der Waals surface area contributed by atoms with E-state index in [-0.39, 0.29) is 11.6 Å². The fourth-order valence-electron chi connectivity index (χ4n) is 3.41. The van der Waals surface area contributed by atoms with Crippen LogP contribution in [-0.4, -0.2) is 63.1 Å². The summed E-state index contributed by atoms with van der Waals surface area (Å²) in [6.45, 7) is 4.67. The maximum Gasteiger partial charge on any atom is 0.408 e. The Morgan fingerprint density at radius 3 is 2.47 bits per heavy atom. The number of nitrogen functional groups attached to an aromatic ring is 1. The van der Waals surface area contributed by atoms with Gasteiger partial charge in [0, 0.05) is 36.5 Å². The number of hydrogen-bond acceptors (Lipinski definition) is 7. The number of ether oxygens (including phenoxy) is 2. The number of alkyl halides is 3. The summed E-state index contributed by atoms with van der Waals surface area (Å²) in [7, 11) is 0. The summed E-state index contributed by atoms with van der Waals surface area (Å²) in [5.74, 6) is 0.368. The topological polar surface area (TPSA) is 98.5 Å². The third-order valence-electron chi connectivity index (χ3n) is 5.08. The predicted octanol–water partition coefficient (Wildman–Crippen LogP) is 3.65. The zero-order chi connectivity index (χ0) is 24.6. The van der Waals surface area contributed by atoms with E-state index in [9.17, 15) is 13.2 Å². The number of anilines is 1. The summed E-state index contributed by atoms with van der Waals surface area (Å²) in [4.78, 5) is 9.48. The van der Waals surface area contributed by atoms with Crippen molar-refractivity contribution in [3.63, 3.8) is 0 Å². The standard InChI is InChI=1S/C24H28F3N5O2/c1-30-22(32-10-12-33-13-11-32)15-23(31-16-24(25,26)27)34-21-14-19(29)6-7-20(21)18-4-2-17(3-5-18)8-9-28/h2-7,14-15H,1,8-13,16,28-29H2/b22-15+,31-23+. The van der Waals surface area contributed by atoms with Crippen LogP contribution in [-0.2, 0) is 11.2 Å². The number of rotatable bonds is 8. The lowest BCUT2D eigenvalue weighted by molar-refractivity contribution is -0.118. The van der Waals surface area contributed by atoms with Gasteiger partial charge in [0.15, 0.2) is 0 Å². The van der Waals surface area contributed by atoms with Gasteiger partial charge in [-0.25, -0.2) is 9.98 Å². The summed E-state index contributed by atoms with van der Waals surface area (Å²) in [6.07, 6.45) is -2.41. The Balaban J connectivity index is 1.97. The molecule has 3 rings (SSSR count). The molecule has 4 N–H and O–H groups in total. The van der Waals surface area contributed by atoms with Crippen molar-refractivity contribution in [1.29, 1.82) is 0 Å². The zero-order valence-electron chi connectivity index (χ0n) is 18.7. The van der Waals surface area contributed by atoms with E-state index < -0.39 is 12.7 Å². The second kappa shape index (κ2) is 11.7. The molecule has 1 aliphatic rings. The normalized spacial score (nSPS) is 15.4. The monoisotopic (exact) mass is 475 g/mol. The highest BCUT2D eigenvalue weighted by molar-refractivity contribution is 5.92. The molecule has 10 heteroatoms. The average Bonchev–Trinajstić information content (AvgIpc) is 2.82. The minimum absolute atomic E-state index is 0.252. The lowest BCUT2D eigenvalue weighted by Crippen LogP contribution is -2.35. The van der Waals surface area contributed by atoms with Crippen molar-refractivity contribution in [2.75, 3.05) is 45.1 Å². The van der Waals surface area contributed by atoms with Gasteiger partial charge in [-0.15, -0.1) is 0 Å². The third-order valence-corrected chi connectivity index (χ3v) is 5.08. The van der Waals surface area contributed by atoms with Crippen LogP contribution in [0, 0.1) is 0 Å². The Kier molecular flexibility index (Phi) is 8.67. The molecule has 1 aliphatic heterocycles. The molecule has 0 bridgehead atoms. The number of morpholine rings is 1. The van der Waals surface area contributed by atoms with Gasteiger partial charge >= 0.3 is 6.18 Å². The van der Waals surface area contributed by atoms with Crippen molar-refractivity contribution < 1.29 is 22.6 Å². The van der Waals surface area contributed by atoms with Crippen LogP contribution < -0.4 is 16.2 Å². The first-order chi connectivity index (χ1) is 16.3. The van der Waals surface area contributed by atoms with Gasteiger partial charge in [-0.05, 0) is 42.9 Å². The molecule has 1 heterocycles. The van der Waals surface area contributed by atoms with E-state index >= 15 is 0 Å². The number of nitrogens with zero attached hydrogens (tertiary/aromatic N) is 3. The summed E-state index contributed by atoms with van der Waals surface area (Å²) in [6, 6.07) is 12.7. The smallest absolute Gasteiger partial charge is 0.408 e. The van der Waals surface area contributed by atoms with Crippen LogP contribution in [0.2, 0.25) is 0 Å². The van der Waals surface area contributed by atoms with Gasteiger partial charge in [-0.3, -0.25) is 0 Å². The van der Waals surface area contributed by atoms with Gasteiger partial charge in [0.25, 0.3) is 0 Å². The van der Waals surface area contributed by atoms with Crippen molar-refractivity contribution in [3.05, 3.63) is 59.9 Å². The average molecular weight is 476 g/mol. The Labute approximate surface area is 196 Å². The van der Waals surface area contributed by atoms with E-state index in [4.69, 9.17) is 20.9 Å². The molecule has 0 saturated carbocycles. The minimum atomic E-state index is -4.50. The first-order valence-electron chi connectivity index (χ1n) is 10.8. The third kappa shape index (κ3) is 7.32. The number of benzene rings is 2. The number of nitrogens with two attached hydrogens (primary N) is 2. The van der Waals surface area contributed by atoms with Crippen LogP contribution in [0.3, 0.4) is 0 Å². The summed E-state index contributed by atoms with van der Waals surface area (Å²) in [5.41, 5.74) is 14.5. The van der Waals surface area contributed by atoms with Crippen molar-refractivity contribution >= 4 is 18.3 Å². The van der Waals surface area contributed by atoms with E-state index in [0.29, 0.717) is 49.9 Å². The molecule has 0 amide bonds. The molecule has 1 fully saturated rings. The van der Waals surface area contributed by atoms with E-state index in [1.807, 2.05) is 29.2 Å². The highest BCUT2D eigenvalue weighted by Crippen LogP contribution is 2.33. The Hall–Kier alpha value is -3.37. The van der Waals surface area contributed by atoms with E-state index in [1.54, 1.807) is 18.2 Å². The van der Waals surface area contributed by atoms with Crippen molar-refractivity contribution in [1.82, 2.24) is 4.90 Å². The molecule has 0 radical (unpaired) electrons. The van der Waals surface area contributed by atoms with E-state index in [2.05, 4.69) is 16.7 Å². The highest BCUT2D eigenvalue weighted by Gasteiger charge is 2.27. The molecule has 0 spiro atoms. The van der Waals surface area contributed by atoms with Gasteiger partial charge in [0.1, 0.15) is 18.1 Å². The van der Waals surface area contributed by atoms with Gasteiger partial charge in [-0.1, -0.05) is 24.3 Å². The lowest BCUT2D eigenvalue weighted by Gasteiger charge is -2.28. The zero-order valence-corrected chi connectivity index (χ0v) is 18.7. The quantitative estimate of drug-likeness (QED) is 0.345. The number of halogens is 3. The molecule has 2 aromatic carbocycles. The van der Waals surface area contributed by atoms with Gasteiger partial charge in [0.2, 0.25) is 5.90 Å². The molecule has 0 aliphatic carbocycles. The Morgan fingerprint density at radius 2 is 1.85 bits per heavy atom. The summed E-state index contributed by atoms with van der Waals surface area (Å²) >= 11 is 0. The largest absolute Gasteiger partial charge is 0.439 e. The van der Waals surface area contributed by atoms with Crippen LogP contribution >= 0.6 is 0 Å². The van der Waals surface area contributed by atoms with E-state index in [0.717, 1.165) is 17.5 Å². The first kappa shape index (κ1) is 25.3. The summed E-state index contributed by atoms with van der Waals surface area (Å²) < 4.78 is 50.1. The first-order valence-corrected chi connectivity index (χ1v) is 10.8. The lowest BCUT2D eigenvalue weighted by atomic mass is 10.0. The minimum Gasteiger partial charge on any atom is -0.439 e. The Morgan fingerprint density at radius 1 is 1.15 bits per heavy atom. The molecule has 0 atom stereocenters. The van der Waals surface area contributed by atoms with Gasteiger partial charge in [-0.2, -0.15) is 13.2 Å². The SMILES string of the molecule is C=N/C(=C\C(=N/CC(F)(F)F)Oc1cc(N)ccc1-c1ccc(CCN)cc1)N1CCOCC1. The maximum absolute atomic E-state index is 13.0. The fraction of sp³-hybridized carbons (Fsp3) is 0.333. The van der Waals surface area contributed by atoms with Crippen molar-refractivity contribution in [2.24, 2.45) is 15.7 Å². The summed E-state index contributed by atoms with van der Waals surface area (Å²) in [5, 5.41) is 0. The van der Waals surface area contributed by atoms with Crippen LogP contribution in [0.5, 0.6) is 5.75 Å². The van der Waals surface area contributed by atoms with Crippen molar-refractivity contribution in [2.45, 2.75) is 12.6 Å². The highest BCUT2D eigenvalue weighted by atomic mass is 19.4. The van der Waals surface area contributed by atoms with Crippen LogP contribution in [0.15, 0.2) is 64.3 Å². The Bertz CT molecular complexity index is 1030. The molecule has 1 saturated heterocycles. The van der Waals surface area contributed by atoms with Crippen LogP contribution in [0.1, 0.15) is 5.56 Å². The van der Waals surface area contributed by atoms with Gasteiger partial charge in [0.05, 0.1) is 13.2 Å². The second-order valence-electron chi connectivity index (χ2n) is 7.62. The molecule has 0 unspecified atom stereocenters. The predicted molar refractivity (Wildman–Crippen MR) is 128 cm³/mol. The number of aliphatic imine (C=N–C) groups is 2. The van der Waals surface area contributed by atoms with Gasteiger partial charge < -0.3 is 25.8 Å². The maximum atomic E-state index is 13.0.